The van der Waals surface area contributed by atoms with Gasteiger partial charge in [-0.05, 0) is 62.6 Å². The fourth-order valence-electron chi connectivity index (χ4n) is 4.89. The molecule has 0 heterocycles. The van der Waals surface area contributed by atoms with Gasteiger partial charge in [-0.3, -0.25) is 13.9 Å². The Labute approximate surface area is 265 Å². The number of amides is 2. The van der Waals surface area contributed by atoms with E-state index in [4.69, 9.17) is 0 Å². The van der Waals surface area contributed by atoms with Gasteiger partial charge < -0.3 is 10.2 Å². The van der Waals surface area contributed by atoms with Crippen LogP contribution in [-0.4, -0.2) is 43.8 Å². The minimum atomic E-state index is -4.38. The molecule has 0 aromatic heterocycles. The Balaban J connectivity index is 1.81. The summed E-state index contributed by atoms with van der Waals surface area (Å²) in [7, 11) is -4.38. The van der Waals surface area contributed by atoms with Crippen LogP contribution in [0, 0.1) is 19.7 Å². The second-order valence-corrected chi connectivity index (χ2v) is 13.2. The number of carbonyl (C=O) groups is 2. The molecule has 4 aromatic rings. The lowest BCUT2D eigenvalue weighted by Crippen LogP contribution is -2.54. The second-order valence-electron chi connectivity index (χ2n) is 11.3. The number of nitrogens with one attached hydrogen (secondary N) is 1. The largest absolute Gasteiger partial charge is 0.352 e. The van der Waals surface area contributed by atoms with Crippen LogP contribution in [0.1, 0.15) is 42.5 Å². The Kier molecular flexibility index (Phi) is 11.1. The molecule has 9 heteroatoms. The number of rotatable bonds is 13. The summed E-state index contributed by atoms with van der Waals surface area (Å²) in [5.74, 6) is -1.79. The van der Waals surface area contributed by atoms with E-state index in [9.17, 15) is 18.0 Å². The summed E-state index contributed by atoms with van der Waals surface area (Å²) >= 11 is 0. The summed E-state index contributed by atoms with van der Waals surface area (Å²) in [6, 6.07) is 27.4. The van der Waals surface area contributed by atoms with Crippen molar-refractivity contribution in [3.8, 4) is 0 Å². The maximum atomic E-state index is 15.2. The number of sulfonamides is 1. The molecule has 0 spiro atoms. The maximum absolute atomic E-state index is 15.2. The Morgan fingerprint density at radius 1 is 0.800 bits per heavy atom. The van der Waals surface area contributed by atoms with Crippen LogP contribution in [0.15, 0.2) is 108 Å². The molecule has 7 nitrogen and oxygen atoms in total. The molecule has 0 aliphatic carbocycles. The van der Waals surface area contributed by atoms with Crippen LogP contribution in [0.4, 0.5) is 10.1 Å². The number of nitrogens with zero attached hydrogens (tertiary/aromatic N) is 2. The zero-order valence-corrected chi connectivity index (χ0v) is 26.9. The van der Waals surface area contributed by atoms with Gasteiger partial charge in [0.1, 0.15) is 18.4 Å². The monoisotopic (exact) mass is 629 g/mol. The number of para-hydroxylation sites is 1. The number of halogens is 1. The summed E-state index contributed by atoms with van der Waals surface area (Å²) in [4.78, 5) is 29.7. The van der Waals surface area contributed by atoms with E-state index in [0.29, 0.717) is 6.42 Å². The smallest absolute Gasteiger partial charge is 0.264 e. The standard InChI is InChI=1S/C36H40FN3O4S/c1-5-28(4)38-36(42)34(23-29-11-7-6-8-12-29)39(24-30-19-15-26(2)16-20-30)35(41)25-40(33-14-10-9-13-32(33)37)45(43,44)31-21-17-27(3)18-22-31/h6-22,28,34H,5,23-25H2,1-4H3,(H,38,42)/t28-,34+/m0/s1. The van der Waals surface area contributed by atoms with Gasteiger partial charge in [-0.25, -0.2) is 12.8 Å². The van der Waals surface area contributed by atoms with E-state index in [1.54, 1.807) is 12.1 Å². The van der Waals surface area contributed by atoms with Crippen LogP contribution in [-0.2, 0) is 32.6 Å². The quantitative estimate of drug-likeness (QED) is 0.191. The lowest BCUT2D eigenvalue weighted by molar-refractivity contribution is -0.140. The highest BCUT2D eigenvalue weighted by atomic mass is 32.2. The van der Waals surface area contributed by atoms with Crippen molar-refractivity contribution in [2.45, 2.75) is 64.1 Å². The van der Waals surface area contributed by atoms with E-state index >= 15 is 4.39 Å². The molecule has 0 radical (unpaired) electrons. The highest BCUT2D eigenvalue weighted by molar-refractivity contribution is 7.92. The molecule has 0 aliphatic rings. The zero-order chi connectivity index (χ0) is 32.6. The molecular formula is C36H40FN3O4S. The molecule has 0 saturated heterocycles. The third kappa shape index (κ3) is 8.57. The number of benzene rings is 4. The first-order valence-corrected chi connectivity index (χ1v) is 16.5. The third-order valence-electron chi connectivity index (χ3n) is 7.75. The SMILES string of the molecule is CC[C@H](C)NC(=O)[C@@H](Cc1ccccc1)N(Cc1ccc(C)cc1)C(=O)CN(c1ccccc1F)S(=O)(=O)c1ccc(C)cc1. The molecular weight excluding hydrogens is 589 g/mol. The first-order valence-electron chi connectivity index (χ1n) is 15.0. The lowest BCUT2D eigenvalue weighted by atomic mass is 10.0. The van der Waals surface area contributed by atoms with E-state index in [0.717, 1.165) is 32.6 Å². The molecule has 0 unspecified atom stereocenters. The first-order chi connectivity index (χ1) is 21.5. The molecule has 1 N–H and O–H groups in total. The number of hydrogen-bond donors (Lipinski definition) is 1. The molecule has 0 saturated carbocycles. The predicted molar refractivity (Wildman–Crippen MR) is 176 cm³/mol. The summed E-state index contributed by atoms with van der Waals surface area (Å²) < 4.78 is 44.1. The van der Waals surface area contributed by atoms with Crippen LogP contribution in [0.5, 0.6) is 0 Å². The van der Waals surface area contributed by atoms with E-state index in [1.807, 2.05) is 82.3 Å². The molecule has 0 aliphatic heterocycles. The van der Waals surface area contributed by atoms with Gasteiger partial charge in [0.2, 0.25) is 11.8 Å². The maximum Gasteiger partial charge on any atom is 0.264 e. The second kappa shape index (κ2) is 15.0. The zero-order valence-electron chi connectivity index (χ0n) is 26.1. The van der Waals surface area contributed by atoms with Crippen molar-refractivity contribution in [3.05, 3.63) is 131 Å². The molecule has 0 bridgehead atoms. The lowest BCUT2D eigenvalue weighted by Gasteiger charge is -2.34. The van der Waals surface area contributed by atoms with Crippen molar-refractivity contribution in [1.82, 2.24) is 10.2 Å². The highest BCUT2D eigenvalue weighted by Crippen LogP contribution is 2.27. The highest BCUT2D eigenvalue weighted by Gasteiger charge is 2.35. The van der Waals surface area contributed by atoms with Crippen LogP contribution >= 0.6 is 0 Å². The van der Waals surface area contributed by atoms with Gasteiger partial charge >= 0.3 is 0 Å². The van der Waals surface area contributed by atoms with Crippen LogP contribution in [0.25, 0.3) is 0 Å². The van der Waals surface area contributed by atoms with Crippen molar-refractivity contribution in [2.75, 3.05) is 10.8 Å². The van der Waals surface area contributed by atoms with Crippen molar-refractivity contribution in [3.63, 3.8) is 0 Å². The number of hydrogen-bond acceptors (Lipinski definition) is 4. The molecule has 45 heavy (non-hydrogen) atoms. The van der Waals surface area contributed by atoms with Crippen molar-refractivity contribution < 1.29 is 22.4 Å². The Morgan fingerprint density at radius 2 is 1.38 bits per heavy atom. The minimum absolute atomic E-state index is 0.0419. The van der Waals surface area contributed by atoms with E-state index in [-0.39, 0.29) is 35.5 Å². The fourth-order valence-corrected chi connectivity index (χ4v) is 6.31. The van der Waals surface area contributed by atoms with Gasteiger partial charge in [0.05, 0.1) is 10.6 Å². The number of aryl methyl sites for hydroxylation is 2. The molecule has 236 valence electrons. The average Bonchev–Trinajstić information content (AvgIpc) is 3.03. The van der Waals surface area contributed by atoms with Gasteiger partial charge in [-0.15, -0.1) is 0 Å². The normalized spacial score (nSPS) is 12.6. The van der Waals surface area contributed by atoms with E-state index in [2.05, 4.69) is 5.32 Å². The van der Waals surface area contributed by atoms with E-state index in [1.165, 1.54) is 35.2 Å². The Hall–Kier alpha value is -4.50. The topological polar surface area (TPSA) is 86.8 Å². The molecule has 0 fully saturated rings. The first kappa shape index (κ1) is 33.4. The predicted octanol–water partition coefficient (Wildman–Crippen LogP) is 6.19. The van der Waals surface area contributed by atoms with Crippen LogP contribution in [0.2, 0.25) is 0 Å². The van der Waals surface area contributed by atoms with E-state index < -0.39 is 34.3 Å². The molecule has 4 aromatic carbocycles. The van der Waals surface area contributed by atoms with Gasteiger partial charge in [0, 0.05) is 19.0 Å². The number of anilines is 1. The van der Waals surface area contributed by atoms with Gasteiger partial charge in [0.15, 0.2) is 0 Å². The van der Waals surface area contributed by atoms with Gasteiger partial charge in [0.25, 0.3) is 10.0 Å². The molecule has 2 atom stereocenters. The summed E-state index contributed by atoms with van der Waals surface area (Å²) in [6.45, 7) is 6.94. The summed E-state index contributed by atoms with van der Waals surface area (Å²) in [5.41, 5.74) is 3.22. The van der Waals surface area contributed by atoms with Crippen molar-refractivity contribution in [1.29, 1.82) is 0 Å². The molecule has 2 amide bonds. The van der Waals surface area contributed by atoms with Crippen LogP contribution < -0.4 is 9.62 Å². The fraction of sp³-hybridized carbons (Fsp3) is 0.278. The van der Waals surface area contributed by atoms with Gasteiger partial charge in [-0.2, -0.15) is 0 Å². The number of carbonyl (C=O) groups excluding carboxylic acids is 2. The minimum Gasteiger partial charge on any atom is -0.352 e. The summed E-state index contributed by atoms with van der Waals surface area (Å²) in [5, 5.41) is 3.01. The van der Waals surface area contributed by atoms with Crippen LogP contribution in [0.3, 0.4) is 0 Å². The summed E-state index contributed by atoms with van der Waals surface area (Å²) in [6.07, 6.45) is 0.886. The van der Waals surface area contributed by atoms with Gasteiger partial charge in [-0.1, -0.05) is 96.9 Å². The average molecular weight is 630 g/mol. The van der Waals surface area contributed by atoms with Crippen molar-refractivity contribution in [2.24, 2.45) is 0 Å². The Bertz CT molecular complexity index is 1690. The van der Waals surface area contributed by atoms with Crippen molar-refractivity contribution >= 4 is 27.5 Å². The Morgan fingerprint density at radius 3 is 1.98 bits per heavy atom. The molecule has 4 rings (SSSR count). The third-order valence-corrected chi connectivity index (χ3v) is 9.53.